The highest BCUT2D eigenvalue weighted by molar-refractivity contribution is 5.89. The number of carbonyl (C=O) groups excluding carboxylic acids is 2. The quantitative estimate of drug-likeness (QED) is 0.484. The molecule has 4 rings (SSSR count). The van der Waals surface area contributed by atoms with Gasteiger partial charge >= 0.3 is 5.97 Å². The van der Waals surface area contributed by atoms with Crippen LogP contribution in [0.25, 0.3) is 0 Å². The van der Waals surface area contributed by atoms with Crippen molar-refractivity contribution in [1.29, 1.82) is 0 Å². The highest BCUT2D eigenvalue weighted by Gasteiger charge is 2.24. The predicted molar refractivity (Wildman–Crippen MR) is 118 cm³/mol. The van der Waals surface area contributed by atoms with Crippen LogP contribution in [0, 0.1) is 0 Å². The Balaban J connectivity index is 1.29. The number of amides is 1. The fourth-order valence-corrected chi connectivity index (χ4v) is 3.62. The molecule has 1 amide bonds. The molecule has 1 aliphatic rings. The number of furan rings is 1. The summed E-state index contributed by atoms with van der Waals surface area (Å²) in [5.41, 5.74) is 2.09. The van der Waals surface area contributed by atoms with Crippen LogP contribution in [0.1, 0.15) is 27.4 Å². The van der Waals surface area contributed by atoms with Crippen molar-refractivity contribution in [2.45, 2.75) is 19.6 Å². The van der Waals surface area contributed by atoms with E-state index in [1.54, 1.807) is 25.2 Å². The Morgan fingerprint density at radius 1 is 0.970 bits per heavy atom. The van der Waals surface area contributed by atoms with Gasteiger partial charge in [-0.1, -0.05) is 18.2 Å². The fraction of sp³-hybridized carbons (Fsp3) is 0.280. The van der Waals surface area contributed by atoms with E-state index in [0.717, 1.165) is 11.1 Å². The lowest BCUT2D eigenvalue weighted by Crippen LogP contribution is -2.38. The zero-order chi connectivity index (χ0) is 23.2. The van der Waals surface area contributed by atoms with Crippen LogP contribution in [0.3, 0.4) is 0 Å². The molecule has 3 aromatic rings. The Morgan fingerprint density at radius 2 is 1.70 bits per heavy atom. The molecule has 0 bridgehead atoms. The number of methoxy groups -OCH3 is 2. The molecule has 0 N–H and O–H groups in total. The molecule has 0 fully saturated rings. The summed E-state index contributed by atoms with van der Waals surface area (Å²) in [4.78, 5) is 26.6. The summed E-state index contributed by atoms with van der Waals surface area (Å²) in [5, 5.41) is 0. The van der Waals surface area contributed by atoms with Gasteiger partial charge in [0.1, 0.15) is 18.1 Å². The Hall–Kier alpha value is -3.94. The molecular weight excluding hydrogens is 426 g/mol. The minimum Gasteiger partial charge on any atom is -0.493 e. The van der Waals surface area contributed by atoms with Crippen molar-refractivity contribution in [2.24, 2.45) is 0 Å². The second kappa shape index (κ2) is 10.1. The van der Waals surface area contributed by atoms with E-state index < -0.39 is 5.97 Å². The summed E-state index contributed by atoms with van der Waals surface area (Å²) in [6.07, 6.45) is 0.679. The van der Waals surface area contributed by atoms with Crippen LogP contribution in [0.5, 0.6) is 17.2 Å². The van der Waals surface area contributed by atoms with Crippen molar-refractivity contribution in [3.63, 3.8) is 0 Å². The largest absolute Gasteiger partial charge is 0.493 e. The zero-order valence-electron chi connectivity index (χ0n) is 18.5. The van der Waals surface area contributed by atoms with Gasteiger partial charge in [-0.3, -0.25) is 4.79 Å². The minimum atomic E-state index is -0.696. The van der Waals surface area contributed by atoms with E-state index in [-0.39, 0.29) is 24.9 Å². The second-order valence-corrected chi connectivity index (χ2v) is 7.49. The van der Waals surface area contributed by atoms with Gasteiger partial charge in [0.25, 0.3) is 5.91 Å². The molecule has 0 unspecified atom stereocenters. The number of carbonyl (C=O) groups is 2. The van der Waals surface area contributed by atoms with E-state index in [1.807, 2.05) is 42.5 Å². The third-order valence-corrected chi connectivity index (χ3v) is 5.38. The zero-order valence-corrected chi connectivity index (χ0v) is 18.5. The Kier molecular flexibility index (Phi) is 6.83. The fourth-order valence-electron chi connectivity index (χ4n) is 3.62. The first kappa shape index (κ1) is 22.3. The second-order valence-electron chi connectivity index (χ2n) is 7.49. The molecule has 2 aromatic carbocycles. The van der Waals surface area contributed by atoms with Gasteiger partial charge in [-0.15, -0.1) is 0 Å². The molecule has 33 heavy (non-hydrogen) atoms. The maximum atomic E-state index is 12.6. The number of para-hydroxylation sites is 1. The molecule has 0 spiro atoms. The normalized spacial score (nSPS) is 12.6. The molecule has 0 saturated heterocycles. The first-order chi connectivity index (χ1) is 16.1. The van der Waals surface area contributed by atoms with Crippen LogP contribution in [-0.4, -0.2) is 44.1 Å². The minimum absolute atomic E-state index is 0.0234. The summed E-state index contributed by atoms with van der Waals surface area (Å²) in [7, 11) is 3.17. The molecule has 8 heteroatoms. The molecular formula is C25H25NO7. The first-order valence-corrected chi connectivity index (χ1v) is 10.5. The van der Waals surface area contributed by atoms with E-state index in [2.05, 4.69) is 0 Å². The highest BCUT2D eigenvalue weighted by Crippen LogP contribution is 2.33. The van der Waals surface area contributed by atoms with Crippen LogP contribution in [0.2, 0.25) is 0 Å². The van der Waals surface area contributed by atoms with E-state index >= 15 is 0 Å². The van der Waals surface area contributed by atoms with Gasteiger partial charge < -0.3 is 28.3 Å². The van der Waals surface area contributed by atoms with Gasteiger partial charge in [-0.05, 0) is 53.9 Å². The monoisotopic (exact) mass is 451 g/mol. The third kappa shape index (κ3) is 5.28. The molecule has 1 aromatic heterocycles. The summed E-state index contributed by atoms with van der Waals surface area (Å²) < 4.78 is 27.0. The molecule has 0 aliphatic carbocycles. The maximum absolute atomic E-state index is 12.6. The van der Waals surface area contributed by atoms with E-state index in [1.165, 1.54) is 6.07 Å². The number of benzene rings is 2. The lowest BCUT2D eigenvalue weighted by Gasteiger charge is -2.29. The number of esters is 1. The van der Waals surface area contributed by atoms with E-state index in [9.17, 15) is 9.59 Å². The van der Waals surface area contributed by atoms with Crippen LogP contribution >= 0.6 is 0 Å². The number of ether oxygens (including phenoxy) is 4. The van der Waals surface area contributed by atoms with Gasteiger partial charge in [0, 0.05) is 13.1 Å². The summed E-state index contributed by atoms with van der Waals surface area (Å²) in [6, 6.07) is 16.2. The molecule has 0 atom stereocenters. The van der Waals surface area contributed by atoms with E-state index in [0.29, 0.717) is 42.5 Å². The van der Waals surface area contributed by atoms with E-state index in [4.69, 9.17) is 23.4 Å². The van der Waals surface area contributed by atoms with Crippen LogP contribution in [0.15, 0.2) is 59.0 Å². The van der Waals surface area contributed by atoms with Crippen LogP contribution in [0.4, 0.5) is 0 Å². The first-order valence-electron chi connectivity index (χ1n) is 10.5. The van der Waals surface area contributed by atoms with Crippen LogP contribution < -0.4 is 14.2 Å². The molecule has 0 saturated carbocycles. The molecule has 8 nitrogen and oxygen atoms in total. The average Bonchev–Trinajstić information content (AvgIpc) is 3.34. The average molecular weight is 451 g/mol. The number of fused-ring (bicyclic) bond motifs is 1. The molecule has 2 heterocycles. The molecule has 0 radical (unpaired) electrons. The highest BCUT2D eigenvalue weighted by atomic mass is 16.6. The van der Waals surface area contributed by atoms with Crippen molar-refractivity contribution < 1.29 is 33.0 Å². The SMILES string of the molecule is COc1cc2c(cc1OC)CN(C(=O)COC(=O)c1ccc(COc3ccccc3)o1)CC2. The van der Waals surface area contributed by atoms with Gasteiger partial charge in [0.05, 0.1) is 14.2 Å². The maximum Gasteiger partial charge on any atom is 0.374 e. The van der Waals surface area contributed by atoms with Gasteiger partial charge in [0.15, 0.2) is 18.1 Å². The molecule has 1 aliphatic heterocycles. The van der Waals surface area contributed by atoms with Gasteiger partial charge in [0.2, 0.25) is 5.76 Å². The summed E-state index contributed by atoms with van der Waals surface area (Å²) >= 11 is 0. The lowest BCUT2D eigenvalue weighted by molar-refractivity contribution is -0.135. The van der Waals surface area contributed by atoms with Crippen molar-refractivity contribution in [1.82, 2.24) is 4.90 Å². The van der Waals surface area contributed by atoms with Gasteiger partial charge in [-0.25, -0.2) is 4.79 Å². The number of hydrogen-bond acceptors (Lipinski definition) is 7. The van der Waals surface area contributed by atoms with Gasteiger partial charge in [-0.2, -0.15) is 0 Å². The van der Waals surface area contributed by atoms with Crippen molar-refractivity contribution in [2.75, 3.05) is 27.4 Å². The Morgan fingerprint density at radius 3 is 2.42 bits per heavy atom. The number of hydrogen-bond donors (Lipinski definition) is 0. The Labute approximate surface area is 191 Å². The Bertz CT molecular complexity index is 1120. The smallest absolute Gasteiger partial charge is 0.374 e. The lowest BCUT2D eigenvalue weighted by atomic mass is 9.99. The number of nitrogens with zero attached hydrogens (tertiary/aromatic N) is 1. The topological polar surface area (TPSA) is 87.4 Å². The van der Waals surface area contributed by atoms with Crippen molar-refractivity contribution >= 4 is 11.9 Å². The predicted octanol–water partition coefficient (Wildman–Crippen LogP) is 3.62. The standard InChI is InChI=1S/C25H25NO7/c1-29-22-12-17-10-11-26(14-18(17)13-23(22)30-2)24(27)16-32-25(28)21-9-8-20(33-21)15-31-19-6-4-3-5-7-19/h3-9,12-13H,10-11,14-16H2,1-2H3. The van der Waals surface area contributed by atoms with Crippen molar-refractivity contribution in [3.8, 4) is 17.2 Å². The number of rotatable bonds is 8. The van der Waals surface area contributed by atoms with Crippen LogP contribution in [-0.2, 0) is 29.1 Å². The summed E-state index contributed by atoms with van der Waals surface area (Å²) in [6.45, 7) is 0.754. The summed E-state index contributed by atoms with van der Waals surface area (Å²) in [5.74, 6) is 1.51. The third-order valence-electron chi connectivity index (χ3n) is 5.38. The van der Waals surface area contributed by atoms with Crippen molar-refractivity contribution in [3.05, 3.63) is 77.2 Å². The molecule has 172 valence electrons.